The lowest BCUT2D eigenvalue weighted by atomic mass is 10.0. The fourth-order valence-corrected chi connectivity index (χ4v) is 3.62. The van der Waals surface area contributed by atoms with Crippen LogP contribution in [-0.2, 0) is 22.4 Å². The first-order valence-electron chi connectivity index (χ1n) is 9.84. The number of aromatic nitrogens is 1. The minimum Gasteiger partial charge on any atom is -0.497 e. The van der Waals surface area contributed by atoms with Crippen LogP contribution >= 0.6 is 11.6 Å². The molecule has 0 spiro atoms. The third-order valence-corrected chi connectivity index (χ3v) is 5.42. The molecule has 29 heavy (non-hydrogen) atoms. The van der Waals surface area contributed by atoms with Crippen molar-refractivity contribution in [3.63, 3.8) is 0 Å². The summed E-state index contributed by atoms with van der Waals surface area (Å²) in [5, 5.41) is 5.34. The molecule has 1 aliphatic rings. The molecule has 1 aromatic heterocycles. The Bertz CT molecular complexity index is 941. The van der Waals surface area contributed by atoms with E-state index in [-0.39, 0.29) is 12.3 Å². The van der Waals surface area contributed by atoms with Crippen LogP contribution in [0.2, 0.25) is 5.02 Å². The summed E-state index contributed by atoms with van der Waals surface area (Å²) in [4.78, 5) is 4.44. The Hall–Kier alpha value is -2.18. The van der Waals surface area contributed by atoms with Crippen molar-refractivity contribution in [1.29, 1.82) is 0 Å². The van der Waals surface area contributed by atoms with Crippen LogP contribution in [0.5, 0.6) is 5.75 Å². The average molecular weight is 413 g/mol. The summed E-state index contributed by atoms with van der Waals surface area (Å²) in [6, 6.07) is 16.1. The van der Waals surface area contributed by atoms with E-state index in [9.17, 15) is 0 Å². The quantitative estimate of drug-likeness (QED) is 0.624. The van der Waals surface area contributed by atoms with Gasteiger partial charge in [0, 0.05) is 29.6 Å². The van der Waals surface area contributed by atoms with Gasteiger partial charge in [0.1, 0.15) is 5.75 Å². The van der Waals surface area contributed by atoms with Gasteiger partial charge in [-0.05, 0) is 53.9 Å². The fourth-order valence-electron chi connectivity index (χ4n) is 3.49. The van der Waals surface area contributed by atoms with E-state index in [1.807, 2.05) is 48.7 Å². The Morgan fingerprint density at radius 2 is 1.90 bits per heavy atom. The largest absolute Gasteiger partial charge is 0.497 e. The van der Waals surface area contributed by atoms with Crippen molar-refractivity contribution >= 4 is 22.5 Å². The number of methoxy groups -OCH3 is 1. The van der Waals surface area contributed by atoms with E-state index in [4.69, 9.17) is 25.8 Å². The third-order valence-electron chi connectivity index (χ3n) is 5.16. The molecule has 1 saturated heterocycles. The van der Waals surface area contributed by atoms with Crippen LogP contribution in [0.4, 0.5) is 0 Å². The van der Waals surface area contributed by atoms with E-state index >= 15 is 0 Å². The molecule has 0 atom stereocenters. The van der Waals surface area contributed by atoms with Crippen LogP contribution in [0, 0.1) is 0 Å². The molecule has 2 heterocycles. The molecule has 1 aliphatic heterocycles. The summed E-state index contributed by atoms with van der Waals surface area (Å²) in [5.74, 6) is 0.839. The second-order valence-electron chi connectivity index (χ2n) is 7.19. The summed E-state index contributed by atoms with van der Waals surface area (Å²) in [6.07, 6.45) is 3.33. The zero-order valence-electron chi connectivity index (χ0n) is 16.4. The van der Waals surface area contributed by atoms with Crippen LogP contribution in [-0.4, -0.2) is 37.6 Å². The normalized spacial score (nSPS) is 19.4. The van der Waals surface area contributed by atoms with Gasteiger partial charge in [0.15, 0.2) is 6.29 Å². The van der Waals surface area contributed by atoms with Gasteiger partial charge in [0.2, 0.25) is 0 Å². The number of benzene rings is 2. The SMILES string of the molecule is COc1ccc2nccc(CCC3OCC(NCc4ccc(Cl)cc4)CO3)c2c1. The van der Waals surface area contributed by atoms with E-state index in [2.05, 4.69) is 16.4 Å². The third kappa shape index (κ3) is 5.25. The molecule has 0 saturated carbocycles. The summed E-state index contributed by atoms with van der Waals surface area (Å²) in [5.41, 5.74) is 3.39. The molecule has 0 radical (unpaired) electrons. The lowest BCUT2D eigenvalue weighted by Crippen LogP contribution is -2.44. The van der Waals surface area contributed by atoms with Crippen LogP contribution in [0.25, 0.3) is 10.9 Å². The summed E-state index contributed by atoms with van der Waals surface area (Å²) < 4.78 is 17.2. The average Bonchev–Trinajstić information content (AvgIpc) is 2.77. The second-order valence-corrected chi connectivity index (χ2v) is 7.63. The minimum absolute atomic E-state index is 0.183. The first kappa shape index (κ1) is 20.1. The van der Waals surface area contributed by atoms with Crippen LogP contribution in [0.1, 0.15) is 17.5 Å². The van der Waals surface area contributed by atoms with Crippen molar-refractivity contribution < 1.29 is 14.2 Å². The molecule has 1 N–H and O–H groups in total. The zero-order chi connectivity index (χ0) is 20.1. The highest BCUT2D eigenvalue weighted by atomic mass is 35.5. The Kier molecular flexibility index (Phi) is 6.62. The van der Waals surface area contributed by atoms with Crippen molar-refractivity contribution in [3.05, 3.63) is 70.9 Å². The van der Waals surface area contributed by atoms with Gasteiger partial charge in [0.25, 0.3) is 0 Å². The van der Waals surface area contributed by atoms with Crippen LogP contribution in [0.15, 0.2) is 54.7 Å². The number of nitrogens with one attached hydrogen (secondary N) is 1. The first-order valence-corrected chi connectivity index (χ1v) is 10.2. The maximum Gasteiger partial charge on any atom is 0.158 e. The van der Waals surface area contributed by atoms with Gasteiger partial charge in [-0.2, -0.15) is 0 Å². The van der Waals surface area contributed by atoms with Gasteiger partial charge in [-0.1, -0.05) is 23.7 Å². The molecule has 0 unspecified atom stereocenters. The highest BCUT2D eigenvalue weighted by molar-refractivity contribution is 6.30. The molecule has 0 aliphatic carbocycles. The van der Waals surface area contributed by atoms with Gasteiger partial charge in [-0.15, -0.1) is 0 Å². The fraction of sp³-hybridized carbons (Fsp3) is 0.348. The highest BCUT2D eigenvalue weighted by Gasteiger charge is 2.22. The Morgan fingerprint density at radius 1 is 1.10 bits per heavy atom. The van der Waals surface area contributed by atoms with Gasteiger partial charge in [-0.3, -0.25) is 4.98 Å². The smallest absolute Gasteiger partial charge is 0.158 e. The lowest BCUT2D eigenvalue weighted by molar-refractivity contribution is -0.192. The molecule has 152 valence electrons. The van der Waals surface area contributed by atoms with Crippen LogP contribution < -0.4 is 10.1 Å². The van der Waals surface area contributed by atoms with Gasteiger partial charge in [0.05, 0.1) is 31.9 Å². The van der Waals surface area contributed by atoms with E-state index in [1.54, 1.807) is 7.11 Å². The predicted octanol–water partition coefficient (Wildman–Crippen LogP) is 4.36. The number of pyridine rings is 1. The Labute approximate surface area is 175 Å². The van der Waals surface area contributed by atoms with Gasteiger partial charge >= 0.3 is 0 Å². The first-order chi connectivity index (χ1) is 14.2. The maximum absolute atomic E-state index is 5.93. The summed E-state index contributed by atoms with van der Waals surface area (Å²) in [7, 11) is 1.68. The molecule has 6 heteroatoms. The maximum atomic E-state index is 5.93. The van der Waals surface area contributed by atoms with Crippen molar-refractivity contribution in [3.8, 4) is 5.75 Å². The number of fused-ring (bicyclic) bond motifs is 1. The molecule has 4 rings (SSSR count). The van der Waals surface area contributed by atoms with E-state index in [0.717, 1.165) is 41.1 Å². The van der Waals surface area contributed by atoms with Crippen molar-refractivity contribution in [2.45, 2.75) is 31.7 Å². The summed E-state index contributed by atoms with van der Waals surface area (Å²) >= 11 is 5.93. The lowest BCUT2D eigenvalue weighted by Gasteiger charge is -2.30. The molecule has 0 amide bonds. The zero-order valence-corrected chi connectivity index (χ0v) is 17.2. The van der Waals surface area contributed by atoms with Gasteiger partial charge in [-0.25, -0.2) is 0 Å². The molecule has 2 aromatic carbocycles. The van der Waals surface area contributed by atoms with E-state index in [1.165, 1.54) is 11.1 Å². The topological polar surface area (TPSA) is 52.6 Å². The highest BCUT2D eigenvalue weighted by Crippen LogP contribution is 2.24. The number of rotatable bonds is 7. The van der Waals surface area contributed by atoms with Crippen molar-refractivity contribution in [2.24, 2.45) is 0 Å². The van der Waals surface area contributed by atoms with Crippen molar-refractivity contribution in [2.75, 3.05) is 20.3 Å². The summed E-state index contributed by atoms with van der Waals surface area (Å²) in [6.45, 7) is 2.05. The molecule has 0 bridgehead atoms. The minimum atomic E-state index is -0.183. The number of aryl methyl sites for hydroxylation is 1. The number of nitrogens with zero attached hydrogens (tertiary/aromatic N) is 1. The number of hydrogen-bond acceptors (Lipinski definition) is 5. The Morgan fingerprint density at radius 3 is 2.66 bits per heavy atom. The number of halogens is 1. The van der Waals surface area contributed by atoms with Crippen LogP contribution in [0.3, 0.4) is 0 Å². The predicted molar refractivity (Wildman–Crippen MR) is 114 cm³/mol. The molecule has 1 fully saturated rings. The number of ether oxygens (including phenoxy) is 3. The molecular weight excluding hydrogens is 388 g/mol. The standard InChI is InChI=1S/C23H25ClN2O3/c1-27-20-7-8-22-21(12-20)17(10-11-25-22)4-9-23-28-14-19(15-29-23)26-13-16-2-5-18(24)6-3-16/h2-3,5-8,10-12,19,23,26H,4,9,13-15H2,1H3. The second kappa shape index (κ2) is 9.55. The molecule has 5 nitrogen and oxygen atoms in total. The van der Waals surface area contributed by atoms with Gasteiger partial charge < -0.3 is 19.5 Å². The Balaban J connectivity index is 1.27. The monoisotopic (exact) mass is 412 g/mol. The molecule has 3 aromatic rings. The van der Waals surface area contributed by atoms with Crippen molar-refractivity contribution in [1.82, 2.24) is 10.3 Å². The number of hydrogen-bond donors (Lipinski definition) is 1. The van der Waals surface area contributed by atoms with E-state index < -0.39 is 0 Å². The molecular formula is C23H25ClN2O3. The van der Waals surface area contributed by atoms with E-state index in [0.29, 0.717) is 13.2 Å².